The fraction of sp³-hybridized carbons (Fsp3) is 0.571. The lowest BCUT2D eigenvalue weighted by atomic mass is 9.85. The Morgan fingerprint density at radius 1 is 1.47 bits per heavy atom. The van der Waals surface area contributed by atoms with E-state index in [1.54, 1.807) is 13.0 Å². The molecule has 1 aromatic carbocycles. The number of hydrogen-bond acceptors (Lipinski definition) is 2. The minimum absolute atomic E-state index is 0.154. The second kappa shape index (κ2) is 4.75. The summed E-state index contributed by atoms with van der Waals surface area (Å²) in [4.78, 5) is 0. The van der Waals surface area contributed by atoms with Crippen LogP contribution in [0.5, 0.6) is 0 Å². The van der Waals surface area contributed by atoms with E-state index in [1.165, 1.54) is 0 Å². The first-order chi connectivity index (χ1) is 8.05. The molecule has 1 aliphatic heterocycles. The van der Waals surface area contributed by atoms with Crippen molar-refractivity contribution in [1.82, 2.24) is 5.32 Å². The van der Waals surface area contributed by atoms with Crippen LogP contribution in [0.25, 0.3) is 0 Å². The second-order valence-electron chi connectivity index (χ2n) is 5.02. The van der Waals surface area contributed by atoms with Crippen LogP contribution in [0.4, 0.5) is 4.39 Å². The van der Waals surface area contributed by atoms with Crippen molar-refractivity contribution in [3.05, 3.63) is 35.1 Å². The number of hydrogen-bond donors (Lipinski definition) is 1. The van der Waals surface area contributed by atoms with E-state index in [1.807, 2.05) is 26.1 Å². The van der Waals surface area contributed by atoms with Crippen molar-refractivity contribution in [2.24, 2.45) is 0 Å². The van der Waals surface area contributed by atoms with Gasteiger partial charge < -0.3 is 10.1 Å². The van der Waals surface area contributed by atoms with Crippen molar-refractivity contribution in [2.45, 2.75) is 38.3 Å². The third-order valence-electron chi connectivity index (χ3n) is 3.71. The molecule has 94 valence electrons. The van der Waals surface area contributed by atoms with Crippen LogP contribution in [0.1, 0.15) is 30.9 Å². The van der Waals surface area contributed by atoms with Gasteiger partial charge in [-0.05, 0) is 50.9 Å². The van der Waals surface area contributed by atoms with Crippen LogP contribution < -0.4 is 5.32 Å². The molecule has 1 N–H and O–H groups in total. The third-order valence-corrected chi connectivity index (χ3v) is 3.71. The van der Waals surface area contributed by atoms with Gasteiger partial charge in [0.1, 0.15) is 5.82 Å². The van der Waals surface area contributed by atoms with Gasteiger partial charge in [0.25, 0.3) is 0 Å². The molecule has 0 aliphatic carbocycles. The van der Waals surface area contributed by atoms with E-state index < -0.39 is 0 Å². The highest BCUT2D eigenvalue weighted by atomic mass is 19.1. The summed E-state index contributed by atoms with van der Waals surface area (Å²) in [6, 6.07) is 5.84. The summed E-state index contributed by atoms with van der Waals surface area (Å²) >= 11 is 0. The molecule has 1 aliphatic rings. The van der Waals surface area contributed by atoms with Gasteiger partial charge in [0.05, 0.1) is 5.60 Å². The van der Waals surface area contributed by atoms with Gasteiger partial charge in [-0.3, -0.25) is 0 Å². The molecule has 0 bridgehead atoms. The number of rotatable bonds is 2. The molecule has 2 unspecified atom stereocenters. The first-order valence-corrected chi connectivity index (χ1v) is 6.13. The minimum Gasteiger partial charge on any atom is -0.370 e. The molecule has 0 aromatic heterocycles. The summed E-state index contributed by atoms with van der Waals surface area (Å²) in [6.45, 7) is 4.54. The number of nitrogens with one attached hydrogen (secondary N) is 1. The van der Waals surface area contributed by atoms with Crippen LogP contribution >= 0.6 is 0 Å². The third kappa shape index (κ3) is 2.50. The number of ether oxygens (including phenoxy) is 1. The highest BCUT2D eigenvalue weighted by Crippen LogP contribution is 2.35. The monoisotopic (exact) mass is 237 g/mol. The minimum atomic E-state index is -0.375. The summed E-state index contributed by atoms with van der Waals surface area (Å²) in [6.07, 6.45) is 1.90. The van der Waals surface area contributed by atoms with Gasteiger partial charge in [-0.1, -0.05) is 12.1 Å². The summed E-state index contributed by atoms with van der Waals surface area (Å²) in [7, 11) is 1.96. The normalized spacial score (nSPS) is 29.3. The zero-order valence-corrected chi connectivity index (χ0v) is 10.7. The molecule has 2 nitrogen and oxygen atoms in total. The summed E-state index contributed by atoms with van der Waals surface area (Å²) in [5, 5.41) is 3.28. The lowest BCUT2D eigenvalue weighted by Gasteiger charge is -2.38. The van der Waals surface area contributed by atoms with Gasteiger partial charge in [-0.2, -0.15) is 0 Å². The zero-order chi connectivity index (χ0) is 12.5. The van der Waals surface area contributed by atoms with Gasteiger partial charge in [-0.25, -0.2) is 4.39 Å². The average Bonchev–Trinajstić information content (AvgIpc) is 2.32. The number of halogens is 1. The van der Waals surface area contributed by atoms with Crippen molar-refractivity contribution >= 4 is 0 Å². The fourth-order valence-electron chi connectivity index (χ4n) is 2.43. The van der Waals surface area contributed by atoms with E-state index >= 15 is 0 Å². The largest absolute Gasteiger partial charge is 0.370 e. The maximum atomic E-state index is 13.6. The van der Waals surface area contributed by atoms with Crippen molar-refractivity contribution in [2.75, 3.05) is 13.7 Å². The molecule has 1 fully saturated rings. The first kappa shape index (κ1) is 12.5. The Morgan fingerprint density at radius 2 is 2.24 bits per heavy atom. The molecule has 0 saturated carbocycles. The molecule has 2 atom stereocenters. The van der Waals surface area contributed by atoms with Crippen LogP contribution in [0.3, 0.4) is 0 Å². The van der Waals surface area contributed by atoms with Crippen LogP contribution in [0.15, 0.2) is 18.2 Å². The van der Waals surface area contributed by atoms with E-state index in [0.29, 0.717) is 11.6 Å². The molecule has 3 heteroatoms. The zero-order valence-electron chi connectivity index (χ0n) is 10.7. The Bertz CT molecular complexity index is 407. The summed E-state index contributed by atoms with van der Waals surface area (Å²) in [5.41, 5.74) is 1.24. The topological polar surface area (TPSA) is 21.3 Å². The smallest absolute Gasteiger partial charge is 0.126 e. The van der Waals surface area contributed by atoms with Gasteiger partial charge in [0.2, 0.25) is 0 Å². The summed E-state index contributed by atoms with van der Waals surface area (Å²) in [5.74, 6) is -0.154. The Morgan fingerprint density at radius 3 is 2.88 bits per heavy atom. The van der Waals surface area contributed by atoms with E-state index in [9.17, 15) is 4.39 Å². The van der Waals surface area contributed by atoms with Gasteiger partial charge in [0, 0.05) is 12.6 Å². The van der Waals surface area contributed by atoms with E-state index in [2.05, 4.69) is 5.32 Å². The highest BCUT2D eigenvalue weighted by molar-refractivity contribution is 5.28. The molecule has 0 spiro atoms. The van der Waals surface area contributed by atoms with Crippen molar-refractivity contribution in [3.63, 3.8) is 0 Å². The maximum Gasteiger partial charge on any atom is 0.126 e. The van der Waals surface area contributed by atoms with Crippen LogP contribution in [0, 0.1) is 12.7 Å². The molecule has 1 aromatic rings. The second-order valence-corrected chi connectivity index (χ2v) is 5.02. The molecule has 17 heavy (non-hydrogen) atoms. The van der Waals surface area contributed by atoms with Gasteiger partial charge in [0.15, 0.2) is 0 Å². The van der Waals surface area contributed by atoms with E-state index in [0.717, 1.165) is 25.0 Å². The van der Waals surface area contributed by atoms with Crippen LogP contribution in [0.2, 0.25) is 0 Å². The standard InChI is InChI=1S/C14H20FNO/c1-10-4-5-11(8-13(10)15)14(2)9-12(16-3)6-7-17-14/h4-5,8,12,16H,6-7,9H2,1-3H3. The molecule has 0 amide bonds. The predicted molar refractivity (Wildman–Crippen MR) is 66.5 cm³/mol. The lowest BCUT2D eigenvalue weighted by Crippen LogP contribution is -2.42. The molecule has 1 heterocycles. The molecule has 2 rings (SSSR count). The summed E-state index contributed by atoms with van der Waals surface area (Å²) < 4.78 is 19.5. The predicted octanol–water partition coefficient (Wildman–Crippen LogP) is 2.75. The van der Waals surface area contributed by atoms with Crippen molar-refractivity contribution in [3.8, 4) is 0 Å². The van der Waals surface area contributed by atoms with E-state index in [4.69, 9.17) is 4.74 Å². The van der Waals surface area contributed by atoms with Crippen molar-refractivity contribution in [1.29, 1.82) is 0 Å². The first-order valence-electron chi connectivity index (χ1n) is 6.13. The molecule has 1 saturated heterocycles. The molecular weight excluding hydrogens is 217 g/mol. The average molecular weight is 237 g/mol. The maximum absolute atomic E-state index is 13.6. The Labute approximate surface area is 102 Å². The molecular formula is C14H20FNO. The SMILES string of the molecule is CNC1CCOC(C)(c2ccc(C)c(F)c2)C1. The number of aryl methyl sites for hydroxylation is 1. The quantitative estimate of drug-likeness (QED) is 0.854. The van der Waals surface area contributed by atoms with Crippen molar-refractivity contribution < 1.29 is 9.13 Å². The Hall–Kier alpha value is -0.930. The van der Waals surface area contributed by atoms with Crippen LogP contribution in [-0.2, 0) is 10.3 Å². The van der Waals surface area contributed by atoms with Crippen LogP contribution in [-0.4, -0.2) is 19.7 Å². The Kier molecular flexibility index (Phi) is 3.50. The highest BCUT2D eigenvalue weighted by Gasteiger charge is 2.34. The lowest BCUT2D eigenvalue weighted by molar-refractivity contribution is -0.0805. The number of benzene rings is 1. The van der Waals surface area contributed by atoms with Gasteiger partial charge in [-0.15, -0.1) is 0 Å². The molecule has 0 radical (unpaired) electrons. The van der Waals surface area contributed by atoms with E-state index in [-0.39, 0.29) is 11.4 Å². The fourth-order valence-corrected chi connectivity index (χ4v) is 2.43. The van der Waals surface area contributed by atoms with Gasteiger partial charge >= 0.3 is 0 Å². The Balaban J connectivity index is 2.27.